The lowest BCUT2D eigenvalue weighted by Gasteiger charge is -2.20. The van der Waals surface area contributed by atoms with E-state index < -0.39 is 33.2 Å². The van der Waals surface area contributed by atoms with Gasteiger partial charge >= 0.3 is 13.8 Å². The van der Waals surface area contributed by atoms with Crippen molar-refractivity contribution in [3.8, 4) is 0 Å². The van der Waals surface area contributed by atoms with Gasteiger partial charge in [-0.05, 0) is 44.9 Å². The third-order valence-electron chi connectivity index (χ3n) is 9.09. The maximum absolute atomic E-state index is 12.6. The summed E-state index contributed by atoms with van der Waals surface area (Å²) < 4.78 is 33.3. The third kappa shape index (κ3) is 40.2. The number of phosphoric acid groups is 1. The minimum atomic E-state index is -4.52. The van der Waals surface area contributed by atoms with Gasteiger partial charge in [0.05, 0.1) is 26.4 Å². The molecule has 0 radical (unpaired) electrons. The molecule has 0 aliphatic heterocycles. The molecule has 312 valence electrons. The predicted molar refractivity (Wildman–Crippen MR) is 219 cm³/mol. The number of esters is 1. The molecule has 0 saturated carbocycles. The van der Waals surface area contributed by atoms with Crippen molar-refractivity contribution >= 4 is 13.8 Å². The van der Waals surface area contributed by atoms with E-state index in [1.165, 1.54) is 103 Å². The van der Waals surface area contributed by atoms with E-state index in [0.29, 0.717) is 6.61 Å². The number of unbranched alkanes of at least 4 members (excludes halogenated alkanes) is 21. The number of aliphatic hydroxyl groups is 2. The number of hydrogen-bond acceptors (Lipinski definition) is 8. The smallest absolute Gasteiger partial charge is 0.457 e. The highest BCUT2D eigenvalue weighted by Gasteiger charge is 2.26. The van der Waals surface area contributed by atoms with E-state index in [1.807, 2.05) is 0 Å². The van der Waals surface area contributed by atoms with Crippen LogP contribution in [0.4, 0.5) is 0 Å². The van der Waals surface area contributed by atoms with Crippen LogP contribution in [0.3, 0.4) is 0 Å². The standard InChI is InChI=1S/C43H81O9P/c1-3-5-7-9-11-13-15-17-19-21-23-25-27-29-31-33-35-43(46)52-42(40-51-53(47,48)50-38-41(45)37-44)39-49-36-34-32-30-28-26-24-22-20-18-16-14-12-10-8-6-4-2/h6,8,12,14,18,20,41-42,44-45H,3-5,7,9-11,13,15-17,19,21-40H2,1-2H3,(H,47,48)/b8-6-,14-12-,20-18-. The van der Waals surface area contributed by atoms with Gasteiger partial charge in [0.1, 0.15) is 12.2 Å². The van der Waals surface area contributed by atoms with Crippen LogP contribution in [0.15, 0.2) is 36.5 Å². The summed E-state index contributed by atoms with van der Waals surface area (Å²) in [5.41, 5.74) is 0. The molecule has 9 nitrogen and oxygen atoms in total. The van der Waals surface area contributed by atoms with E-state index in [2.05, 4.69) is 50.3 Å². The highest BCUT2D eigenvalue weighted by atomic mass is 31.2. The number of allylic oxidation sites excluding steroid dienone is 6. The number of phosphoric ester groups is 1. The minimum Gasteiger partial charge on any atom is -0.457 e. The SMILES string of the molecule is CC/C=C\C/C=C\C/C=C\CCCCCCCCOCC(COP(=O)(O)OCC(O)CO)OC(=O)CCCCCCCCCCCCCCCCCC. The van der Waals surface area contributed by atoms with Crippen LogP contribution in [-0.2, 0) is 27.9 Å². The number of rotatable bonds is 41. The van der Waals surface area contributed by atoms with Crippen molar-refractivity contribution in [3.05, 3.63) is 36.5 Å². The van der Waals surface area contributed by atoms with Crippen molar-refractivity contribution in [1.82, 2.24) is 0 Å². The molecule has 0 spiro atoms. The van der Waals surface area contributed by atoms with Gasteiger partial charge in [-0.2, -0.15) is 0 Å². The van der Waals surface area contributed by atoms with Gasteiger partial charge in [-0.3, -0.25) is 13.8 Å². The first kappa shape index (κ1) is 51.7. The fourth-order valence-electron chi connectivity index (χ4n) is 5.84. The Labute approximate surface area is 325 Å². The maximum Gasteiger partial charge on any atom is 0.472 e. The van der Waals surface area contributed by atoms with Gasteiger partial charge in [-0.15, -0.1) is 0 Å². The molecule has 0 aromatic rings. The van der Waals surface area contributed by atoms with Crippen LogP contribution in [0.5, 0.6) is 0 Å². The molecule has 0 rings (SSSR count). The summed E-state index contributed by atoms with van der Waals surface area (Å²) in [6.45, 7) is 3.39. The van der Waals surface area contributed by atoms with Crippen molar-refractivity contribution in [1.29, 1.82) is 0 Å². The van der Waals surface area contributed by atoms with Crippen LogP contribution in [0.1, 0.15) is 187 Å². The van der Waals surface area contributed by atoms with Gasteiger partial charge in [0.2, 0.25) is 0 Å². The van der Waals surface area contributed by atoms with Crippen LogP contribution >= 0.6 is 7.82 Å². The minimum absolute atomic E-state index is 0.0426. The Morgan fingerprint density at radius 2 is 1.08 bits per heavy atom. The normalized spacial score (nSPS) is 14.4. The zero-order valence-corrected chi connectivity index (χ0v) is 34.9. The quantitative estimate of drug-likeness (QED) is 0.0240. The summed E-state index contributed by atoms with van der Waals surface area (Å²) in [7, 11) is -4.52. The third-order valence-corrected chi connectivity index (χ3v) is 10.0. The second kappa shape index (κ2) is 40.3. The fraction of sp³-hybridized carbons (Fsp3) is 0.837. The zero-order chi connectivity index (χ0) is 38.9. The van der Waals surface area contributed by atoms with Gasteiger partial charge in [0.15, 0.2) is 0 Å². The van der Waals surface area contributed by atoms with Gasteiger partial charge in [-0.25, -0.2) is 4.57 Å². The first-order chi connectivity index (χ1) is 25.8. The average Bonchev–Trinajstić information content (AvgIpc) is 3.15. The van der Waals surface area contributed by atoms with Crippen LogP contribution in [0.25, 0.3) is 0 Å². The van der Waals surface area contributed by atoms with Crippen molar-refractivity contribution < 1.29 is 43.0 Å². The Hall–Kier alpha value is -1.32. The van der Waals surface area contributed by atoms with Gasteiger partial charge in [-0.1, -0.05) is 172 Å². The Bertz CT molecular complexity index is 923. The maximum atomic E-state index is 12.6. The van der Waals surface area contributed by atoms with Crippen molar-refractivity contribution in [2.45, 2.75) is 199 Å². The largest absolute Gasteiger partial charge is 0.472 e. The lowest BCUT2D eigenvalue weighted by Crippen LogP contribution is -2.29. The molecule has 0 aromatic carbocycles. The number of hydrogen-bond donors (Lipinski definition) is 3. The molecular weight excluding hydrogens is 691 g/mol. The molecule has 0 heterocycles. The van der Waals surface area contributed by atoms with Crippen LogP contribution < -0.4 is 0 Å². The number of carbonyl (C=O) groups excluding carboxylic acids is 1. The molecular formula is C43H81O9P. The first-order valence-corrected chi connectivity index (χ1v) is 23.0. The highest BCUT2D eigenvalue weighted by Crippen LogP contribution is 2.43. The molecule has 3 unspecified atom stereocenters. The number of carbonyl (C=O) groups is 1. The Balaban J connectivity index is 4.18. The lowest BCUT2D eigenvalue weighted by molar-refractivity contribution is -0.154. The number of aliphatic hydroxyl groups excluding tert-OH is 2. The summed E-state index contributed by atoms with van der Waals surface area (Å²) in [4.78, 5) is 22.6. The Morgan fingerprint density at radius 3 is 1.62 bits per heavy atom. The van der Waals surface area contributed by atoms with Crippen molar-refractivity contribution in [2.75, 3.05) is 33.0 Å². The summed E-state index contributed by atoms with van der Waals surface area (Å²) in [6, 6.07) is 0. The Kier molecular flexibility index (Phi) is 39.3. The van der Waals surface area contributed by atoms with Gasteiger partial charge in [0, 0.05) is 13.0 Å². The molecule has 53 heavy (non-hydrogen) atoms. The molecule has 3 atom stereocenters. The van der Waals surface area contributed by atoms with Gasteiger partial charge in [0.25, 0.3) is 0 Å². The second-order valence-corrected chi connectivity index (χ2v) is 15.8. The van der Waals surface area contributed by atoms with Crippen molar-refractivity contribution in [3.63, 3.8) is 0 Å². The highest BCUT2D eigenvalue weighted by molar-refractivity contribution is 7.47. The van der Waals surface area contributed by atoms with E-state index in [1.54, 1.807) is 0 Å². The fourth-order valence-corrected chi connectivity index (χ4v) is 6.63. The van der Waals surface area contributed by atoms with E-state index in [0.717, 1.165) is 64.2 Å². The monoisotopic (exact) mass is 773 g/mol. The molecule has 10 heteroatoms. The van der Waals surface area contributed by atoms with E-state index in [-0.39, 0.29) is 25.6 Å². The molecule has 0 aliphatic rings. The molecule has 3 N–H and O–H groups in total. The molecule has 0 aromatic heterocycles. The van der Waals surface area contributed by atoms with E-state index in [4.69, 9.17) is 23.6 Å². The van der Waals surface area contributed by atoms with E-state index >= 15 is 0 Å². The second-order valence-electron chi connectivity index (χ2n) is 14.3. The summed E-state index contributed by atoms with van der Waals surface area (Å²) in [5.74, 6) is -0.386. The molecule has 0 bridgehead atoms. The number of ether oxygens (including phenoxy) is 2. The van der Waals surface area contributed by atoms with Crippen LogP contribution in [-0.4, -0.2) is 66.3 Å². The summed E-state index contributed by atoms with van der Waals surface area (Å²) in [5, 5.41) is 18.3. The van der Waals surface area contributed by atoms with Crippen LogP contribution in [0.2, 0.25) is 0 Å². The molecule has 0 fully saturated rings. The first-order valence-electron chi connectivity index (χ1n) is 21.5. The molecule has 0 aliphatic carbocycles. The molecule has 0 amide bonds. The summed E-state index contributed by atoms with van der Waals surface area (Å²) in [6.07, 6.45) is 42.4. The molecule has 0 saturated heterocycles. The van der Waals surface area contributed by atoms with E-state index in [9.17, 15) is 19.4 Å². The lowest BCUT2D eigenvalue weighted by atomic mass is 10.0. The Morgan fingerprint density at radius 1 is 0.604 bits per heavy atom. The van der Waals surface area contributed by atoms with Crippen molar-refractivity contribution in [2.24, 2.45) is 0 Å². The predicted octanol–water partition coefficient (Wildman–Crippen LogP) is 11.6. The topological polar surface area (TPSA) is 132 Å². The van der Waals surface area contributed by atoms with Gasteiger partial charge < -0.3 is 24.6 Å². The average molecular weight is 773 g/mol. The van der Waals surface area contributed by atoms with Crippen LogP contribution in [0, 0.1) is 0 Å². The summed E-state index contributed by atoms with van der Waals surface area (Å²) >= 11 is 0. The zero-order valence-electron chi connectivity index (χ0n) is 34.0.